The van der Waals surface area contributed by atoms with Crippen LogP contribution in [0.4, 0.5) is 4.79 Å². The van der Waals surface area contributed by atoms with Crippen LogP contribution in [0.25, 0.3) is 11.0 Å². The van der Waals surface area contributed by atoms with E-state index in [1.807, 2.05) is 68.4 Å². The van der Waals surface area contributed by atoms with Crippen molar-refractivity contribution in [1.82, 2.24) is 10.6 Å². The van der Waals surface area contributed by atoms with Crippen LogP contribution in [0.5, 0.6) is 5.75 Å². The zero-order valence-corrected chi connectivity index (χ0v) is 14.6. The lowest BCUT2D eigenvalue weighted by molar-refractivity contribution is 0.233. The molecule has 0 radical (unpaired) electrons. The summed E-state index contributed by atoms with van der Waals surface area (Å²) in [5.74, 6) is 1.47. The molecule has 0 aliphatic rings. The zero-order valence-electron chi connectivity index (χ0n) is 14.6. The van der Waals surface area contributed by atoms with Gasteiger partial charge in [-0.2, -0.15) is 0 Å². The van der Waals surface area contributed by atoms with Crippen molar-refractivity contribution in [2.45, 2.75) is 25.9 Å². The third kappa shape index (κ3) is 3.76. The number of benzene rings is 2. The fourth-order valence-electron chi connectivity index (χ4n) is 2.82. The topological polar surface area (TPSA) is 63.5 Å². The highest BCUT2D eigenvalue weighted by atomic mass is 16.5. The van der Waals surface area contributed by atoms with E-state index in [2.05, 4.69) is 10.6 Å². The lowest BCUT2D eigenvalue weighted by Crippen LogP contribution is -2.38. The molecular weight excluding hydrogens is 316 g/mol. The van der Waals surface area contributed by atoms with Crippen molar-refractivity contribution in [3.05, 3.63) is 65.9 Å². The second-order valence-electron chi connectivity index (χ2n) is 5.99. The van der Waals surface area contributed by atoms with E-state index in [-0.39, 0.29) is 18.1 Å². The second kappa shape index (κ2) is 7.30. The van der Waals surface area contributed by atoms with E-state index in [0.717, 1.165) is 28.0 Å². The molecule has 2 aromatic carbocycles. The van der Waals surface area contributed by atoms with Gasteiger partial charge in [0.1, 0.15) is 17.1 Å². The summed E-state index contributed by atoms with van der Waals surface area (Å²) in [7, 11) is 1.62. The lowest BCUT2D eigenvalue weighted by Gasteiger charge is -2.19. The van der Waals surface area contributed by atoms with Crippen molar-refractivity contribution in [1.29, 1.82) is 0 Å². The first kappa shape index (κ1) is 16.9. The number of hydrogen-bond donors (Lipinski definition) is 2. The lowest BCUT2D eigenvalue weighted by atomic mass is 10.1. The van der Waals surface area contributed by atoms with Gasteiger partial charge in [-0.15, -0.1) is 0 Å². The van der Waals surface area contributed by atoms with Crippen LogP contribution >= 0.6 is 0 Å². The second-order valence-corrected chi connectivity index (χ2v) is 5.99. The number of amides is 2. The molecule has 2 amide bonds. The van der Waals surface area contributed by atoms with Gasteiger partial charge in [0, 0.05) is 10.9 Å². The fraction of sp³-hybridized carbons (Fsp3) is 0.250. The Hall–Kier alpha value is -2.95. The molecule has 5 nitrogen and oxygen atoms in total. The number of rotatable bonds is 5. The predicted molar refractivity (Wildman–Crippen MR) is 97.7 cm³/mol. The van der Waals surface area contributed by atoms with E-state index < -0.39 is 0 Å². The molecule has 2 atom stereocenters. The van der Waals surface area contributed by atoms with Gasteiger partial charge in [0.2, 0.25) is 0 Å². The number of fused-ring (bicyclic) bond motifs is 1. The first-order chi connectivity index (χ1) is 12.1. The molecule has 0 saturated heterocycles. The molecular formula is C20H22N2O3. The highest BCUT2D eigenvalue weighted by molar-refractivity contribution is 5.78. The van der Waals surface area contributed by atoms with Crippen LogP contribution in [0.15, 0.2) is 59.0 Å². The molecule has 0 spiro atoms. The first-order valence-corrected chi connectivity index (χ1v) is 8.27. The van der Waals surface area contributed by atoms with E-state index in [9.17, 15) is 4.79 Å². The Morgan fingerprint density at radius 2 is 1.68 bits per heavy atom. The third-order valence-electron chi connectivity index (χ3n) is 4.17. The highest BCUT2D eigenvalue weighted by Gasteiger charge is 2.17. The minimum atomic E-state index is -0.258. The van der Waals surface area contributed by atoms with Crippen LogP contribution < -0.4 is 15.4 Å². The van der Waals surface area contributed by atoms with Crippen molar-refractivity contribution in [2.24, 2.45) is 0 Å². The Morgan fingerprint density at radius 3 is 2.44 bits per heavy atom. The molecule has 0 unspecified atom stereocenters. The van der Waals surface area contributed by atoms with Crippen molar-refractivity contribution < 1.29 is 13.9 Å². The third-order valence-corrected chi connectivity index (χ3v) is 4.17. The van der Waals surface area contributed by atoms with Gasteiger partial charge in [-0.25, -0.2) is 4.79 Å². The van der Waals surface area contributed by atoms with Crippen LogP contribution in [-0.4, -0.2) is 13.1 Å². The Morgan fingerprint density at radius 1 is 1.00 bits per heavy atom. The predicted octanol–water partition coefficient (Wildman–Crippen LogP) is 4.56. The SMILES string of the molecule is COc1ccccc1[C@H](C)NC(=O)N[C@H](C)c1cc2ccccc2o1. The van der Waals surface area contributed by atoms with Crippen molar-refractivity contribution in [3.8, 4) is 5.75 Å². The smallest absolute Gasteiger partial charge is 0.315 e. The first-order valence-electron chi connectivity index (χ1n) is 8.27. The summed E-state index contributed by atoms with van der Waals surface area (Å²) in [6.07, 6.45) is 0. The molecule has 5 heteroatoms. The van der Waals surface area contributed by atoms with Gasteiger partial charge in [-0.1, -0.05) is 36.4 Å². The number of methoxy groups -OCH3 is 1. The van der Waals surface area contributed by atoms with Gasteiger partial charge in [0.15, 0.2) is 0 Å². The molecule has 1 aromatic heterocycles. The monoisotopic (exact) mass is 338 g/mol. The number of hydrogen-bond acceptors (Lipinski definition) is 3. The quantitative estimate of drug-likeness (QED) is 0.716. The maximum absolute atomic E-state index is 12.3. The number of ether oxygens (including phenoxy) is 1. The molecule has 0 aliphatic heterocycles. The number of nitrogens with one attached hydrogen (secondary N) is 2. The van der Waals surface area contributed by atoms with E-state index >= 15 is 0 Å². The van der Waals surface area contributed by atoms with Gasteiger partial charge in [-0.3, -0.25) is 0 Å². The standard InChI is InChI=1S/C20H22N2O3/c1-13(16-9-5-7-11-18(16)24-3)21-20(23)22-14(2)19-12-15-8-4-6-10-17(15)25-19/h4-14H,1-3H3,(H2,21,22,23)/t13-,14+/m0/s1. The van der Waals surface area contributed by atoms with Crippen LogP contribution in [0.3, 0.4) is 0 Å². The minimum absolute atomic E-state index is 0.181. The van der Waals surface area contributed by atoms with E-state index in [0.29, 0.717) is 0 Å². The van der Waals surface area contributed by atoms with Crippen molar-refractivity contribution in [3.63, 3.8) is 0 Å². The average Bonchev–Trinajstić information content (AvgIpc) is 3.05. The molecule has 0 aliphatic carbocycles. The zero-order chi connectivity index (χ0) is 17.8. The normalized spacial score (nSPS) is 13.2. The Kier molecular flexibility index (Phi) is 4.93. The van der Waals surface area contributed by atoms with Crippen LogP contribution in [0.1, 0.15) is 37.3 Å². The minimum Gasteiger partial charge on any atom is -0.496 e. The van der Waals surface area contributed by atoms with Crippen molar-refractivity contribution >= 4 is 17.0 Å². The number of carbonyl (C=O) groups is 1. The molecule has 3 rings (SSSR count). The van der Waals surface area contributed by atoms with E-state index in [1.165, 1.54) is 0 Å². The average molecular weight is 338 g/mol. The summed E-state index contributed by atoms with van der Waals surface area (Å²) in [4.78, 5) is 12.3. The molecule has 3 aromatic rings. The largest absolute Gasteiger partial charge is 0.496 e. The summed E-state index contributed by atoms with van der Waals surface area (Å²) in [6.45, 7) is 3.81. The molecule has 0 fully saturated rings. The van der Waals surface area contributed by atoms with Gasteiger partial charge in [0.25, 0.3) is 0 Å². The van der Waals surface area contributed by atoms with E-state index in [4.69, 9.17) is 9.15 Å². The fourth-order valence-corrected chi connectivity index (χ4v) is 2.82. The number of carbonyl (C=O) groups excluding carboxylic acids is 1. The molecule has 1 heterocycles. The van der Waals surface area contributed by atoms with E-state index in [1.54, 1.807) is 7.11 Å². The number of para-hydroxylation sites is 2. The highest BCUT2D eigenvalue weighted by Crippen LogP contribution is 2.25. The summed E-state index contributed by atoms with van der Waals surface area (Å²) >= 11 is 0. The summed E-state index contributed by atoms with van der Waals surface area (Å²) < 4.78 is 11.1. The van der Waals surface area contributed by atoms with Crippen LogP contribution in [0.2, 0.25) is 0 Å². The van der Waals surface area contributed by atoms with Crippen molar-refractivity contribution in [2.75, 3.05) is 7.11 Å². The number of urea groups is 1. The van der Waals surface area contributed by atoms with Crippen LogP contribution in [-0.2, 0) is 0 Å². The molecule has 25 heavy (non-hydrogen) atoms. The molecule has 0 saturated carbocycles. The summed E-state index contributed by atoms with van der Waals surface area (Å²) in [5.41, 5.74) is 1.74. The Labute approximate surface area is 147 Å². The maximum atomic E-state index is 12.3. The molecule has 130 valence electrons. The summed E-state index contributed by atoms with van der Waals surface area (Å²) in [5, 5.41) is 6.87. The Balaban J connectivity index is 1.65. The van der Waals surface area contributed by atoms with Crippen LogP contribution in [0, 0.1) is 0 Å². The molecule has 2 N–H and O–H groups in total. The van der Waals surface area contributed by atoms with Gasteiger partial charge < -0.3 is 19.8 Å². The maximum Gasteiger partial charge on any atom is 0.315 e. The summed E-state index contributed by atoms with van der Waals surface area (Å²) in [6, 6.07) is 16.7. The molecule has 0 bridgehead atoms. The number of furan rings is 1. The van der Waals surface area contributed by atoms with Gasteiger partial charge >= 0.3 is 6.03 Å². The Bertz CT molecular complexity index is 839. The van der Waals surface area contributed by atoms with Gasteiger partial charge in [-0.05, 0) is 32.0 Å². The van der Waals surface area contributed by atoms with Gasteiger partial charge in [0.05, 0.1) is 19.2 Å².